The molecule has 1 N–H and O–H groups in total. The predicted molar refractivity (Wildman–Crippen MR) is 95.9 cm³/mol. The maximum atomic E-state index is 12.3. The first-order valence-corrected chi connectivity index (χ1v) is 8.77. The zero-order valence-electron chi connectivity index (χ0n) is 13.9. The molecule has 134 valence electrons. The molecule has 0 aliphatic carbocycles. The molecular weight excluding hydrogens is 356 g/mol. The smallest absolute Gasteiger partial charge is 0.280 e. The molecule has 1 fully saturated rings. The fraction of sp³-hybridized carbons (Fsp3) is 0.278. The van der Waals surface area contributed by atoms with Crippen LogP contribution in [0.25, 0.3) is 11.3 Å². The lowest BCUT2D eigenvalue weighted by molar-refractivity contribution is 0.101. The van der Waals surface area contributed by atoms with Gasteiger partial charge in [-0.3, -0.25) is 15.0 Å². The highest BCUT2D eigenvalue weighted by molar-refractivity contribution is 6.30. The Morgan fingerprint density at radius 3 is 2.81 bits per heavy atom. The molecule has 2 aromatic heterocycles. The third-order valence-electron chi connectivity index (χ3n) is 4.24. The van der Waals surface area contributed by atoms with Crippen LogP contribution in [0.3, 0.4) is 0 Å². The fourth-order valence-corrected chi connectivity index (χ4v) is 3.14. The summed E-state index contributed by atoms with van der Waals surface area (Å²) in [6.45, 7) is 2.76. The van der Waals surface area contributed by atoms with Crippen LogP contribution in [0, 0.1) is 0 Å². The maximum absolute atomic E-state index is 12.3. The minimum atomic E-state index is -0.407. The standard InChI is InChI=1S/C18H17ClN4O3/c19-13-5-3-4-12(8-13)15-10-17(26-21-15)20-18(24)16-9-14(25-22-16)11-23-6-1-2-7-23/h3-5,8-10H,1-2,6-7,11H2,(H,20,24). The summed E-state index contributed by atoms with van der Waals surface area (Å²) in [5.41, 5.74) is 1.59. The van der Waals surface area contributed by atoms with Gasteiger partial charge in [-0.25, -0.2) is 0 Å². The van der Waals surface area contributed by atoms with Crippen LogP contribution < -0.4 is 5.32 Å². The fourth-order valence-electron chi connectivity index (χ4n) is 2.95. The van der Waals surface area contributed by atoms with Gasteiger partial charge >= 0.3 is 0 Å². The SMILES string of the molecule is O=C(Nc1cc(-c2cccc(Cl)c2)no1)c1cc(CN2CCCC2)on1. The summed E-state index contributed by atoms with van der Waals surface area (Å²) in [4.78, 5) is 14.6. The van der Waals surface area contributed by atoms with Crippen molar-refractivity contribution in [1.82, 2.24) is 15.2 Å². The Morgan fingerprint density at radius 2 is 2.00 bits per heavy atom. The van der Waals surface area contributed by atoms with E-state index in [4.69, 9.17) is 20.6 Å². The highest BCUT2D eigenvalue weighted by atomic mass is 35.5. The Hall–Kier alpha value is -2.64. The highest BCUT2D eigenvalue weighted by Gasteiger charge is 2.18. The average Bonchev–Trinajstić information content (AvgIpc) is 3.37. The third kappa shape index (κ3) is 3.79. The second-order valence-corrected chi connectivity index (χ2v) is 6.64. The van der Waals surface area contributed by atoms with Gasteiger partial charge in [-0.2, -0.15) is 0 Å². The lowest BCUT2D eigenvalue weighted by Crippen LogP contribution is -2.17. The van der Waals surface area contributed by atoms with Crippen molar-refractivity contribution in [3.8, 4) is 11.3 Å². The van der Waals surface area contributed by atoms with Crippen molar-refractivity contribution in [3.05, 3.63) is 52.9 Å². The zero-order chi connectivity index (χ0) is 17.9. The van der Waals surface area contributed by atoms with Crippen LogP contribution in [-0.2, 0) is 6.54 Å². The number of carbonyl (C=O) groups excluding carboxylic acids is 1. The van der Waals surface area contributed by atoms with Gasteiger partial charge in [-0.15, -0.1) is 0 Å². The number of carbonyl (C=O) groups is 1. The Morgan fingerprint density at radius 1 is 1.15 bits per heavy atom. The molecule has 1 aromatic carbocycles. The number of benzene rings is 1. The Labute approximate surface area is 154 Å². The number of nitrogens with one attached hydrogen (secondary N) is 1. The normalized spacial score (nSPS) is 14.7. The maximum Gasteiger partial charge on any atom is 0.280 e. The Kier molecular flexibility index (Phi) is 4.73. The Balaban J connectivity index is 1.41. The van der Waals surface area contributed by atoms with E-state index in [1.807, 2.05) is 12.1 Å². The molecule has 0 unspecified atom stereocenters. The number of rotatable bonds is 5. The number of amides is 1. The second kappa shape index (κ2) is 7.31. The van der Waals surface area contributed by atoms with E-state index in [2.05, 4.69) is 20.5 Å². The molecule has 0 atom stereocenters. The monoisotopic (exact) mass is 372 g/mol. The van der Waals surface area contributed by atoms with E-state index >= 15 is 0 Å². The number of aromatic nitrogens is 2. The molecule has 1 aliphatic rings. The van der Waals surface area contributed by atoms with Gasteiger partial charge in [-0.1, -0.05) is 34.0 Å². The van der Waals surface area contributed by atoms with Gasteiger partial charge in [0.2, 0.25) is 5.88 Å². The van der Waals surface area contributed by atoms with Gasteiger partial charge in [0.25, 0.3) is 5.91 Å². The van der Waals surface area contributed by atoms with E-state index in [9.17, 15) is 4.79 Å². The number of likely N-dealkylation sites (tertiary alicyclic amines) is 1. The minimum absolute atomic E-state index is 0.208. The first kappa shape index (κ1) is 16.8. The summed E-state index contributed by atoms with van der Waals surface area (Å²) in [6, 6.07) is 10.5. The van der Waals surface area contributed by atoms with E-state index in [0.717, 1.165) is 18.7 Å². The van der Waals surface area contributed by atoms with E-state index in [-0.39, 0.29) is 11.6 Å². The van der Waals surface area contributed by atoms with Gasteiger partial charge in [0.1, 0.15) is 5.69 Å². The number of hydrogen-bond donors (Lipinski definition) is 1. The van der Waals surface area contributed by atoms with Crippen LogP contribution >= 0.6 is 11.6 Å². The molecule has 7 nitrogen and oxygen atoms in total. The summed E-state index contributed by atoms with van der Waals surface area (Å²) >= 11 is 5.98. The van der Waals surface area contributed by atoms with Crippen LogP contribution in [0.5, 0.6) is 0 Å². The van der Waals surface area contributed by atoms with Crippen molar-refractivity contribution >= 4 is 23.4 Å². The molecule has 26 heavy (non-hydrogen) atoms. The molecule has 0 bridgehead atoms. The molecule has 1 saturated heterocycles. The molecule has 8 heteroatoms. The number of hydrogen-bond acceptors (Lipinski definition) is 6. The van der Waals surface area contributed by atoms with Crippen LogP contribution in [0.2, 0.25) is 5.02 Å². The Bertz CT molecular complexity index is 915. The predicted octanol–water partition coefficient (Wildman–Crippen LogP) is 3.83. The summed E-state index contributed by atoms with van der Waals surface area (Å²) in [5, 5.41) is 11.0. The van der Waals surface area contributed by atoms with E-state index in [1.165, 1.54) is 12.8 Å². The zero-order valence-corrected chi connectivity index (χ0v) is 14.7. The average molecular weight is 373 g/mol. The number of halogens is 1. The van der Waals surface area contributed by atoms with Gasteiger partial charge in [-0.05, 0) is 38.1 Å². The molecule has 3 heterocycles. The van der Waals surface area contributed by atoms with Crippen LogP contribution in [0.15, 0.2) is 45.4 Å². The molecular formula is C18H17ClN4O3. The number of anilines is 1. The molecule has 1 amide bonds. The van der Waals surface area contributed by atoms with E-state index in [1.54, 1.807) is 24.3 Å². The number of nitrogens with zero attached hydrogens (tertiary/aromatic N) is 3. The lowest BCUT2D eigenvalue weighted by Gasteiger charge is -2.10. The van der Waals surface area contributed by atoms with Crippen molar-refractivity contribution < 1.29 is 13.8 Å². The van der Waals surface area contributed by atoms with Crippen molar-refractivity contribution in [1.29, 1.82) is 0 Å². The molecule has 0 radical (unpaired) electrons. The van der Waals surface area contributed by atoms with Gasteiger partial charge in [0.05, 0.1) is 6.54 Å². The van der Waals surface area contributed by atoms with Gasteiger partial charge in [0.15, 0.2) is 11.5 Å². The summed E-state index contributed by atoms with van der Waals surface area (Å²) in [7, 11) is 0. The van der Waals surface area contributed by atoms with Gasteiger partial charge in [0, 0.05) is 22.7 Å². The third-order valence-corrected chi connectivity index (χ3v) is 4.47. The van der Waals surface area contributed by atoms with Crippen molar-refractivity contribution in [2.75, 3.05) is 18.4 Å². The summed E-state index contributed by atoms with van der Waals surface area (Å²) < 4.78 is 10.4. The van der Waals surface area contributed by atoms with Crippen LogP contribution in [-0.4, -0.2) is 34.2 Å². The largest absolute Gasteiger partial charge is 0.359 e. The lowest BCUT2D eigenvalue weighted by atomic mass is 10.1. The molecule has 0 spiro atoms. The van der Waals surface area contributed by atoms with Crippen LogP contribution in [0.4, 0.5) is 5.88 Å². The first-order valence-electron chi connectivity index (χ1n) is 8.39. The first-order chi connectivity index (χ1) is 12.7. The molecule has 1 aliphatic heterocycles. The van der Waals surface area contributed by atoms with E-state index in [0.29, 0.717) is 23.0 Å². The topological polar surface area (TPSA) is 84.4 Å². The van der Waals surface area contributed by atoms with Crippen molar-refractivity contribution in [3.63, 3.8) is 0 Å². The second-order valence-electron chi connectivity index (χ2n) is 6.20. The quantitative estimate of drug-likeness (QED) is 0.732. The van der Waals surface area contributed by atoms with E-state index < -0.39 is 5.91 Å². The minimum Gasteiger partial charge on any atom is -0.359 e. The summed E-state index contributed by atoms with van der Waals surface area (Å²) in [5.74, 6) is 0.499. The van der Waals surface area contributed by atoms with Gasteiger partial charge < -0.3 is 9.05 Å². The molecule has 0 saturated carbocycles. The molecule has 3 aromatic rings. The van der Waals surface area contributed by atoms with Crippen molar-refractivity contribution in [2.24, 2.45) is 0 Å². The van der Waals surface area contributed by atoms with Crippen molar-refractivity contribution in [2.45, 2.75) is 19.4 Å². The van der Waals surface area contributed by atoms with Crippen LogP contribution in [0.1, 0.15) is 29.1 Å². The molecule has 4 rings (SSSR count). The highest BCUT2D eigenvalue weighted by Crippen LogP contribution is 2.24. The summed E-state index contributed by atoms with van der Waals surface area (Å²) in [6.07, 6.45) is 2.39.